The number of amides is 2. The molecule has 0 spiro atoms. The van der Waals surface area contributed by atoms with Gasteiger partial charge in [-0.2, -0.15) is 0 Å². The summed E-state index contributed by atoms with van der Waals surface area (Å²) >= 11 is 10.7. The minimum atomic E-state index is -0.283. The standard InChI is InChI=1S/C20H18BrClN4O2S/c1-13-9-14(21)5-6-17(13)25-18(27)11-24-19(28)12-29-20-23-7-8-26(20)16-4-2-3-15(22)10-16/h2-10H,11-12H2,1H3,(H,24,28)(H,25,27). The van der Waals surface area contributed by atoms with Crippen LogP contribution in [0.15, 0.2) is 64.5 Å². The van der Waals surface area contributed by atoms with Crippen molar-refractivity contribution in [2.75, 3.05) is 17.6 Å². The molecule has 0 atom stereocenters. The smallest absolute Gasteiger partial charge is 0.243 e. The van der Waals surface area contributed by atoms with Gasteiger partial charge >= 0.3 is 0 Å². The van der Waals surface area contributed by atoms with Crippen LogP contribution < -0.4 is 10.6 Å². The zero-order valence-electron chi connectivity index (χ0n) is 15.5. The summed E-state index contributed by atoms with van der Waals surface area (Å²) in [5.74, 6) is -0.394. The van der Waals surface area contributed by atoms with Crippen molar-refractivity contribution in [3.8, 4) is 5.69 Å². The van der Waals surface area contributed by atoms with Gasteiger partial charge in [-0.1, -0.05) is 45.4 Å². The Labute approximate surface area is 186 Å². The molecule has 2 aromatic carbocycles. The van der Waals surface area contributed by atoms with Crippen LogP contribution in [0, 0.1) is 6.92 Å². The lowest BCUT2D eigenvalue weighted by atomic mass is 10.2. The van der Waals surface area contributed by atoms with E-state index in [1.54, 1.807) is 18.5 Å². The van der Waals surface area contributed by atoms with E-state index >= 15 is 0 Å². The van der Waals surface area contributed by atoms with Gasteiger partial charge in [0.15, 0.2) is 5.16 Å². The van der Waals surface area contributed by atoms with Crippen molar-refractivity contribution < 1.29 is 9.59 Å². The number of anilines is 1. The first-order valence-electron chi connectivity index (χ1n) is 8.67. The van der Waals surface area contributed by atoms with Gasteiger partial charge in [0.1, 0.15) is 0 Å². The summed E-state index contributed by atoms with van der Waals surface area (Å²) in [6.45, 7) is 1.80. The molecule has 29 heavy (non-hydrogen) atoms. The first-order valence-corrected chi connectivity index (χ1v) is 10.8. The molecule has 3 rings (SSSR count). The summed E-state index contributed by atoms with van der Waals surface area (Å²) in [4.78, 5) is 28.5. The van der Waals surface area contributed by atoms with E-state index in [0.717, 1.165) is 15.7 Å². The van der Waals surface area contributed by atoms with Crippen LogP contribution in [0.1, 0.15) is 5.56 Å². The highest BCUT2D eigenvalue weighted by molar-refractivity contribution is 9.10. The lowest BCUT2D eigenvalue weighted by Crippen LogP contribution is -2.34. The highest BCUT2D eigenvalue weighted by Gasteiger charge is 2.11. The third-order valence-electron chi connectivity index (χ3n) is 3.93. The number of imidazole rings is 1. The van der Waals surface area contributed by atoms with E-state index in [4.69, 9.17) is 11.6 Å². The van der Waals surface area contributed by atoms with Crippen LogP contribution in [0.4, 0.5) is 5.69 Å². The molecule has 2 N–H and O–H groups in total. The Balaban J connectivity index is 1.49. The second-order valence-electron chi connectivity index (χ2n) is 6.13. The molecule has 6 nitrogen and oxygen atoms in total. The molecule has 0 aliphatic heterocycles. The van der Waals surface area contributed by atoms with Crippen molar-refractivity contribution in [3.63, 3.8) is 0 Å². The fraction of sp³-hybridized carbons (Fsp3) is 0.150. The van der Waals surface area contributed by atoms with E-state index in [1.165, 1.54) is 11.8 Å². The number of hydrogen-bond donors (Lipinski definition) is 2. The predicted molar refractivity (Wildman–Crippen MR) is 120 cm³/mol. The number of nitrogens with one attached hydrogen (secondary N) is 2. The number of carbonyl (C=O) groups excluding carboxylic acids is 2. The van der Waals surface area contributed by atoms with E-state index in [2.05, 4.69) is 31.5 Å². The Morgan fingerprint density at radius 3 is 2.79 bits per heavy atom. The summed E-state index contributed by atoms with van der Waals surface area (Å²) in [5, 5.41) is 6.70. The van der Waals surface area contributed by atoms with Gasteiger partial charge in [0.25, 0.3) is 0 Å². The van der Waals surface area contributed by atoms with Crippen molar-refractivity contribution in [2.24, 2.45) is 0 Å². The molecule has 0 aliphatic rings. The lowest BCUT2D eigenvalue weighted by Gasteiger charge is -2.10. The molecule has 1 heterocycles. The Morgan fingerprint density at radius 2 is 2.03 bits per heavy atom. The van der Waals surface area contributed by atoms with Gasteiger partial charge in [0.2, 0.25) is 11.8 Å². The van der Waals surface area contributed by atoms with E-state index < -0.39 is 0 Å². The maximum absolute atomic E-state index is 12.1. The van der Waals surface area contributed by atoms with Gasteiger partial charge in [-0.25, -0.2) is 4.98 Å². The number of thioether (sulfide) groups is 1. The number of carbonyl (C=O) groups is 2. The predicted octanol–water partition coefficient (Wildman–Crippen LogP) is 4.44. The molecular formula is C20H18BrClN4O2S. The first kappa shape index (κ1) is 21.4. The molecule has 0 aliphatic carbocycles. The number of aromatic nitrogens is 2. The van der Waals surface area contributed by atoms with Gasteiger partial charge in [-0.3, -0.25) is 14.2 Å². The molecule has 0 bridgehead atoms. The molecular weight excluding hydrogens is 476 g/mol. The van der Waals surface area contributed by atoms with Crippen LogP contribution >= 0.6 is 39.3 Å². The topological polar surface area (TPSA) is 76.0 Å². The second kappa shape index (κ2) is 9.96. The summed E-state index contributed by atoms with van der Waals surface area (Å²) in [6, 6.07) is 12.9. The quantitative estimate of drug-likeness (QED) is 0.477. The number of halogens is 2. The lowest BCUT2D eigenvalue weighted by molar-refractivity contribution is -0.122. The fourth-order valence-corrected chi connectivity index (χ4v) is 4.00. The van der Waals surface area contributed by atoms with E-state index in [9.17, 15) is 9.59 Å². The van der Waals surface area contributed by atoms with Crippen molar-refractivity contribution in [2.45, 2.75) is 12.1 Å². The van der Waals surface area contributed by atoms with Crippen molar-refractivity contribution in [1.82, 2.24) is 14.9 Å². The second-order valence-corrected chi connectivity index (χ2v) is 8.43. The maximum atomic E-state index is 12.1. The third-order valence-corrected chi connectivity index (χ3v) is 5.63. The molecule has 2 amide bonds. The van der Waals surface area contributed by atoms with Gasteiger partial charge in [-0.05, 0) is 48.9 Å². The van der Waals surface area contributed by atoms with Gasteiger partial charge < -0.3 is 10.6 Å². The largest absolute Gasteiger partial charge is 0.346 e. The van der Waals surface area contributed by atoms with Crippen LogP contribution in [0.2, 0.25) is 5.02 Å². The highest BCUT2D eigenvalue weighted by Crippen LogP contribution is 2.22. The molecule has 3 aromatic rings. The van der Waals surface area contributed by atoms with Crippen LogP contribution in [-0.2, 0) is 9.59 Å². The monoisotopic (exact) mass is 492 g/mol. The summed E-state index contributed by atoms with van der Waals surface area (Å²) in [6.07, 6.45) is 3.47. The molecule has 0 fully saturated rings. The Morgan fingerprint density at radius 1 is 1.21 bits per heavy atom. The van der Waals surface area contributed by atoms with Crippen molar-refractivity contribution in [1.29, 1.82) is 0 Å². The number of benzene rings is 2. The van der Waals surface area contributed by atoms with Crippen LogP contribution in [0.3, 0.4) is 0 Å². The average molecular weight is 494 g/mol. The highest BCUT2D eigenvalue weighted by atomic mass is 79.9. The number of rotatable bonds is 7. The van der Waals surface area contributed by atoms with Crippen molar-refractivity contribution >= 4 is 56.8 Å². The normalized spacial score (nSPS) is 10.6. The van der Waals surface area contributed by atoms with Crippen molar-refractivity contribution in [3.05, 3.63) is 69.9 Å². The van der Waals surface area contributed by atoms with Crippen LogP contribution in [0.5, 0.6) is 0 Å². The van der Waals surface area contributed by atoms with Crippen LogP contribution in [-0.4, -0.2) is 33.7 Å². The molecule has 9 heteroatoms. The van der Waals surface area contributed by atoms with Gasteiger partial charge in [-0.15, -0.1) is 0 Å². The van der Waals surface area contributed by atoms with Gasteiger partial charge in [0.05, 0.1) is 12.3 Å². The minimum absolute atomic E-state index is 0.0996. The SMILES string of the molecule is Cc1cc(Br)ccc1NC(=O)CNC(=O)CSc1nccn1-c1cccc(Cl)c1. The molecule has 0 saturated heterocycles. The summed E-state index contributed by atoms with van der Waals surface area (Å²) < 4.78 is 2.79. The van der Waals surface area contributed by atoms with E-state index in [-0.39, 0.29) is 24.1 Å². The van der Waals surface area contributed by atoms with Crippen LogP contribution in [0.25, 0.3) is 5.69 Å². The Hall–Kier alpha value is -2.29. The molecule has 150 valence electrons. The number of hydrogen-bond acceptors (Lipinski definition) is 4. The molecule has 0 radical (unpaired) electrons. The average Bonchev–Trinajstić information content (AvgIpc) is 3.15. The molecule has 0 unspecified atom stereocenters. The number of aryl methyl sites for hydroxylation is 1. The first-order chi connectivity index (χ1) is 13.9. The third kappa shape index (κ3) is 6.09. The Kier molecular flexibility index (Phi) is 7.35. The Bertz CT molecular complexity index is 1040. The fourth-order valence-electron chi connectivity index (χ4n) is 2.54. The number of nitrogens with zero attached hydrogens (tertiary/aromatic N) is 2. The van der Waals surface area contributed by atoms with E-state index in [0.29, 0.717) is 15.9 Å². The zero-order valence-corrected chi connectivity index (χ0v) is 18.6. The van der Waals surface area contributed by atoms with E-state index in [1.807, 2.05) is 47.9 Å². The molecule has 1 aromatic heterocycles. The minimum Gasteiger partial charge on any atom is -0.346 e. The van der Waals surface area contributed by atoms with Gasteiger partial charge in [0, 0.05) is 33.3 Å². The summed E-state index contributed by atoms with van der Waals surface area (Å²) in [7, 11) is 0. The molecule has 0 saturated carbocycles. The summed E-state index contributed by atoms with van der Waals surface area (Å²) in [5.41, 5.74) is 2.51. The maximum Gasteiger partial charge on any atom is 0.243 e. The zero-order chi connectivity index (χ0) is 20.8.